The highest BCUT2D eigenvalue weighted by Gasteiger charge is 2.15. The van der Waals surface area contributed by atoms with Gasteiger partial charge >= 0.3 is 11.7 Å². The highest BCUT2D eigenvalue weighted by atomic mass is 35.5. The Morgan fingerprint density at radius 2 is 1.79 bits per heavy atom. The lowest BCUT2D eigenvalue weighted by Gasteiger charge is -2.09. The second-order valence-electron chi connectivity index (χ2n) is 5.57. The number of nitrogens with one attached hydrogen (secondary N) is 1. The topological polar surface area (TPSA) is 145 Å². The maximum absolute atomic E-state index is 12.1. The van der Waals surface area contributed by atoms with E-state index in [0.29, 0.717) is 5.02 Å². The molecule has 10 heteroatoms. The first kappa shape index (κ1) is 18.9. The molecule has 0 saturated carbocycles. The van der Waals surface area contributed by atoms with Gasteiger partial charge in [0.05, 0.1) is 11.4 Å². The number of benzene rings is 2. The molecule has 0 atom stereocenters. The second kappa shape index (κ2) is 7.41. The number of rotatable bonds is 4. The molecule has 0 saturated heterocycles. The van der Waals surface area contributed by atoms with Crippen LogP contribution in [0.25, 0.3) is 5.69 Å². The molecule has 0 aliphatic heterocycles. The van der Waals surface area contributed by atoms with Crippen LogP contribution in [0.4, 0.5) is 5.69 Å². The minimum Gasteiger partial charge on any atom is -0.507 e. The molecule has 0 fully saturated rings. The number of hydrogen-bond acceptors (Lipinski definition) is 6. The van der Waals surface area contributed by atoms with Gasteiger partial charge in [0.15, 0.2) is 0 Å². The molecule has 2 aromatic carbocycles. The number of aromatic amines is 1. The Morgan fingerprint density at radius 3 is 2.43 bits per heavy atom. The van der Waals surface area contributed by atoms with E-state index in [9.17, 15) is 24.6 Å². The maximum atomic E-state index is 12.1. The highest BCUT2D eigenvalue weighted by molar-refractivity contribution is 6.30. The SMILES string of the molecule is O=C(O)c1cc(N=Cc2c(O)n(-c3ccc(Cl)cc3)c(=O)[nH]c2=O)ccc1O. The van der Waals surface area contributed by atoms with E-state index in [4.69, 9.17) is 16.7 Å². The van der Waals surface area contributed by atoms with Crippen LogP contribution in [0.3, 0.4) is 0 Å². The molecule has 1 heterocycles. The van der Waals surface area contributed by atoms with Gasteiger partial charge in [0.25, 0.3) is 5.56 Å². The van der Waals surface area contributed by atoms with E-state index >= 15 is 0 Å². The van der Waals surface area contributed by atoms with Crippen molar-refractivity contribution in [1.29, 1.82) is 0 Å². The van der Waals surface area contributed by atoms with E-state index in [1.165, 1.54) is 30.3 Å². The highest BCUT2D eigenvalue weighted by Crippen LogP contribution is 2.24. The number of aromatic nitrogens is 2. The van der Waals surface area contributed by atoms with Crippen LogP contribution in [0.2, 0.25) is 5.02 Å². The lowest BCUT2D eigenvalue weighted by molar-refractivity contribution is 0.0693. The first-order valence-corrected chi connectivity index (χ1v) is 8.10. The molecule has 142 valence electrons. The Kier molecular flexibility index (Phi) is 5.01. The van der Waals surface area contributed by atoms with E-state index in [1.54, 1.807) is 0 Å². The van der Waals surface area contributed by atoms with Gasteiger partial charge in [-0.25, -0.2) is 14.2 Å². The lowest BCUT2D eigenvalue weighted by Crippen LogP contribution is -2.31. The van der Waals surface area contributed by atoms with Crippen LogP contribution in [0.15, 0.2) is 57.0 Å². The molecule has 9 nitrogen and oxygen atoms in total. The summed E-state index contributed by atoms with van der Waals surface area (Å²) in [5.41, 5.74) is -2.07. The number of carboxylic acid groups (broad SMARTS) is 1. The lowest BCUT2D eigenvalue weighted by atomic mass is 10.2. The molecule has 0 radical (unpaired) electrons. The maximum Gasteiger partial charge on any atom is 0.339 e. The van der Waals surface area contributed by atoms with Crippen molar-refractivity contribution in [2.24, 2.45) is 4.99 Å². The van der Waals surface area contributed by atoms with Gasteiger partial charge in [-0.1, -0.05) is 11.6 Å². The van der Waals surface area contributed by atoms with Gasteiger partial charge in [-0.05, 0) is 42.5 Å². The Bertz CT molecular complexity index is 1210. The summed E-state index contributed by atoms with van der Waals surface area (Å²) in [6.07, 6.45) is 0.984. The van der Waals surface area contributed by atoms with Crippen molar-refractivity contribution in [3.05, 3.63) is 79.5 Å². The fraction of sp³-hybridized carbons (Fsp3) is 0. The number of halogens is 1. The molecule has 0 aliphatic carbocycles. The normalized spacial score (nSPS) is 11.0. The molecule has 0 aliphatic rings. The third-order valence-corrected chi connectivity index (χ3v) is 4.01. The number of aromatic carboxylic acids is 1. The van der Waals surface area contributed by atoms with Crippen LogP contribution < -0.4 is 11.2 Å². The average molecular weight is 402 g/mol. The summed E-state index contributed by atoms with van der Waals surface area (Å²) >= 11 is 5.81. The fourth-order valence-electron chi connectivity index (χ4n) is 2.40. The van der Waals surface area contributed by atoms with Gasteiger partial charge in [0.2, 0.25) is 5.88 Å². The largest absolute Gasteiger partial charge is 0.507 e. The average Bonchev–Trinajstić information content (AvgIpc) is 2.63. The third-order valence-electron chi connectivity index (χ3n) is 3.76. The number of aliphatic imine (C=N–C) groups is 1. The molecule has 0 bridgehead atoms. The standard InChI is InChI=1S/C18H12ClN3O6/c19-9-1-4-11(5-2-9)22-16(25)13(15(24)21-18(22)28)8-20-10-3-6-14(23)12(7-10)17(26)27/h1-8,23,25H,(H,26,27)(H,21,24,28). The molecule has 4 N–H and O–H groups in total. The first-order chi connectivity index (χ1) is 13.3. The van der Waals surface area contributed by atoms with Crippen LogP contribution in [0.1, 0.15) is 15.9 Å². The number of H-pyrrole nitrogens is 1. The Balaban J connectivity index is 2.09. The van der Waals surface area contributed by atoms with Gasteiger partial charge in [0, 0.05) is 11.2 Å². The summed E-state index contributed by atoms with van der Waals surface area (Å²) in [6, 6.07) is 9.50. The minimum atomic E-state index is -1.36. The van der Waals surface area contributed by atoms with Gasteiger partial charge < -0.3 is 15.3 Å². The summed E-state index contributed by atoms with van der Waals surface area (Å²) in [5, 5.41) is 29.4. The molecule has 0 unspecified atom stereocenters. The van der Waals surface area contributed by atoms with Crippen LogP contribution in [0.5, 0.6) is 11.6 Å². The number of phenols is 1. The quantitative estimate of drug-likeness (QED) is 0.492. The van der Waals surface area contributed by atoms with Crippen molar-refractivity contribution in [3.8, 4) is 17.3 Å². The molecule has 3 aromatic rings. The van der Waals surface area contributed by atoms with Gasteiger partial charge in [-0.15, -0.1) is 0 Å². The van der Waals surface area contributed by atoms with Crippen LogP contribution in [0, 0.1) is 0 Å². The van der Waals surface area contributed by atoms with Gasteiger partial charge in [-0.2, -0.15) is 0 Å². The van der Waals surface area contributed by atoms with E-state index in [0.717, 1.165) is 22.9 Å². The Labute approximate surface area is 161 Å². The third kappa shape index (κ3) is 3.64. The number of aromatic hydroxyl groups is 2. The van der Waals surface area contributed by atoms with Crippen molar-refractivity contribution < 1.29 is 20.1 Å². The zero-order chi connectivity index (χ0) is 20.4. The number of carbonyl (C=O) groups is 1. The Morgan fingerprint density at radius 1 is 1.11 bits per heavy atom. The van der Waals surface area contributed by atoms with Crippen molar-refractivity contribution in [2.75, 3.05) is 0 Å². The van der Waals surface area contributed by atoms with E-state index in [-0.39, 0.29) is 22.5 Å². The Hall–Kier alpha value is -3.85. The summed E-state index contributed by atoms with van der Waals surface area (Å²) in [5.74, 6) is -2.45. The minimum absolute atomic E-state index is 0.109. The van der Waals surface area contributed by atoms with E-state index in [1.807, 2.05) is 0 Å². The molecule has 28 heavy (non-hydrogen) atoms. The van der Waals surface area contributed by atoms with Gasteiger partial charge in [0.1, 0.15) is 16.9 Å². The molecule has 0 spiro atoms. The van der Waals surface area contributed by atoms with Crippen LogP contribution in [-0.2, 0) is 0 Å². The van der Waals surface area contributed by atoms with Crippen molar-refractivity contribution in [1.82, 2.24) is 9.55 Å². The summed E-state index contributed by atoms with van der Waals surface area (Å²) in [7, 11) is 0. The predicted molar refractivity (Wildman–Crippen MR) is 102 cm³/mol. The predicted octanol–water partition coefficient (Wildman–Crippen LogP) is 2.04. The zero-order valence-electron chi connectivity index (χ0n) is 14.0. The number of nitrogens with zero attached hydrogens (tertiary/aromatic N) is 2. The van der Waals surface area contributed by atoms with Gasteiger partial charge in [-0.3, -0.25) is 14.8 Å². The summed E-state index contributed by atoms with van der Waals surface area (Å²) in [6.45, 7) is 0. The van der Waals surface area contributed by atoms with Crippen molar-refractivity contribution in [3.63, 3.8) is 0 Å². The van der Waals surface area contributed by atoms with E-state index < -0.39 is 28.8 Å². The van der Waals surface area contributed by atoms with Crippen LogP contribution >= 0.6 is 11.6 Å². The molecular formula is C18H12ClN3O6. The fourth-order valence-corrected chi connectivity index (χ4v) is 2.53. The number of carboxylic acids is 1. The zero-order valence-corrected chi connectivity index (χ0v) is 14.7. The van der Waals surface area contributed by atoms with Crippen LogP contribution in [-0.4, -0.2) is 37.1 Å². The number of hydrogen-bond donors (Lipinski definition) is 4. The summed E-state index contributed by atoms with van der Waals surface area (Å²) < 4.78 is 0.860. The summed E-state index contributed by atoms with van der Waals surface area (Å²) in [4.78, 5) is 41.3. The monoisotopic (exact) mass is 401 g/mol. The smallest absolute Gasteiger partial charge is 0.339 e. The van der Waals surface area contributed by atoms with Crippen molar-refractivity contribution in [2.45, 2.75) is 0 Å². The van der Waals surface area contributed by atoms with E-state index in [2.05, 4.69) is 9.98 Å². The first-order valence-electron chi connectivity index (χ1n) is 7.72. The van der Waals surface area contributed by atoms with Crippen molar-refractivity contribution >= 4 is 29.5 Å². The molecular weight excluding hydrogens is 390 g/mol. The molecule has 0 amide bonds. The molecule has 1 aromatic heterocycles. The second-order valence-corrected chi connectivity index (χ2v) is 6.01. The molecule has 3 rings (SSSR count).